The summed E-state index contributed by atoms with van der Waals surface area (Å²) in [6, 6.07) is 11.5. The zero-order valence-electron chi connectivity index (χ0n) is 8.85. The van der Waals surface area contributed by atoms with Gasteiger partial charge in [0.1, 0.15) is 5.75 Å². The highest BCUT2D eigenvalue weighted by Crippen LogP contribution is 2.20. The molecule has 82 valence electrons. The molecule has 0 aliphatic carbocycles. The molecule has 0 N–H and O–H groups in total. The summed E-state index contributed by atoms with van der Waals surface area (Å²) in [6.45, 7) is 0. The zero-order chi connectivity index (χ0) is 11.4. The van der Waals surface area contributed by atoms with E-state index in [1.807, 2.05) is 30.3 Å². The van der Waals surface area contributed by atoms with Gasteiger partial charge in [-0.1, -0.05) is 29.8 Å². The number of rotatable bonds is 3. The lowest BCUT2D eigenvalue weighted by Gasteiger charge is -2.06. The van der Waals surface area contributed by atoms with Crippen LogP contribution in [-0.2, 0) is 6.42 Å². The second-order valence-electron chi connectivity index (χ2n) is 3.34. The van der Waals surface area contributed by atoms with Gasteiger partial charge in [0.05, 0.1) is 12.8 Å². The number of benzene rings is 1. The Hall–Kier alpha value is -1.61. The van der Waals surface area contributed by atoms with Crippen LogP contribution in [0.1, 0.15) is 11.3 Å². The zero-order valence-corrected chi connectivity index (χ0v) is 9.61. The lowest BCUT2D eigenvalue weighted by atomic mass is 10.1. The molecule has 0 radical (unpaired) electrons. The van der Waals surface area contributed by atoms with Gasteiger partial charge in [0, 0.05) is 12.0 Å². The number of nitrogens with zero attached hydrogens (tertiary/aromatic N) is 2. The molecule has 0 aliphatic heterocycles. The first kappa shape index (κ1) is 10.9. The van der Waals surface area contributed by atoms with Crippen molar-refractivity contribution in [1.29, 1.82) is 0 Å². The van der Waals surface area contributed by atoms with Gasteiger partial charge in [-0.25, -0.2) is 0 Å². The van der Waals surface area contributed by atoms with E-state index in [0.717, 1.165) is 17.0 Å². The fourth-order valence-electron chi connectivity index (χ4n) is 1.48. The Labute approximate surface area is 99.0 Å². The van der Waals surface area contributed by atoms with Crippen molar-refractivity contribution in [2.75, 3.05) is 7.11 Å². The van der Waals surface area contributed by atoms with Gasteiger partial charge in [-0.15, -0.1) is 5.10 Å². The average molecular weight is 235 g/mol. The van der Waals surface area contributed by atoms with Crippen molar-refractivity contribution in [3.63, 3.8) is 0 Å². The summed E-state index contributed by atoms with van der Waals surface area (Å²) >= 11 is 5.67. The molecule has 0 atom stereocenters. The van der Waals surface area contributed by atoms with Crippen molar-refractivity contribution in [2.24, 2.45) is 0 Å². The van der Waals surface area contributed by atoms with Crippen LogP contribution in [0.5, 0.6) is 5.75 Å². The van der Waals surface area contributed by atoms with E-state index in [4.69, 9.17) is 16.3 Å². The Morgan fingerprint density at radius 1 is 1.12 bits per heavy atom. The molecule has 1 aromatic heterocycles. The molecule has 0 spiro atoms. The molecule has 1 heterocycles. The Morgan fingerprint density at radius 3 is 2.62 bits per heavy atom. The summed E-state index contributed by atoms with van der Waals surface area (Å²) in [6.07, 6.45) is 0.689. The van der Waals surface area contributed by atoms with Gasteiger partial charge in [-0.05, 0) is 18.2 Å². The Balaban J connectivity index is 2.23. The molecule has 0 bridgehead atoms. The summed E-state index contributed by atoms with van der Waals surface area (Å²) in [5.41, 5.74) is 1.95. The van der Waals surface area contributed by atoms with E-state index in [9.17, 15) is 0 Å². The minimum absolute atomic E-state index is 0.406. The van der Waals surface area contributed by atoms with Gasteiger partial charge < -0.3 is 4.74 Å². The molecular weight excluding hydrogens is 224 g/mol. The van der Waals surface area contributed by atoms with E-state index in [2.05, 4.69) is 10.2 Å². The first-order chi connectivity index (χ1) is 7.79. The largest absolute Gasteiger partial charge is 0.496 e. The fourth-order valence-corrected chi connectivity index (χ4v) is 1.58. The van der Waals surface area contributed by atoms with Crippen molar-refractivity contribution in [3.05, 3.63) is 52.8 Å². The normalized spacial score (nSPS) is 10.1. The molecule has 16 heavy (non-hydrogen) atoms. The minimum Gasteiger partial charge on any atom is -0.496 e. The monoisotopic (exact) mass is 234 g/mol. The molecule has 0 saturated heterocycles. The highest BCUT2D eigenvalue weighted by Gasteiger charge is 2.04. The van der Waals surface area contributed by atoms with Crippen LogP contribution in [0.2, 0.25) is 5.15 Å². The highest BCUT2D eigenvalue weighted by molar-refractivity contribution is 6.29. The predicted molar refractivity (Wildman–Crippen MR) is 62.8 cm³/mol. The summed E-state index contributed by atoms with van der Waals surface area (Å²) in [7, 11) is 1.66. The SMILES string of the molecule is COc1ccccc1Cc1ccc(Cl)nn1. The molecule has 0 fully saturated rings. The van der Waals surface area contributed by atoms with Crippen molar-refractivity contribution in [3.8, 4) is 5.75 Å². The van der Waals surface area contributed by atoms with E-state index >= 15 is 0 Å². The average Bonchev–Trinajstić information content (AvgIpc) is 2.33. The van der Waals surface area contributed by atoms with Crippen LogP contribution in [-0.4, -0.2) is 17.3 Å². The van der Waals surface area contributed by atoms with Crippen LogP contribution in [0.4, 0.5) is 0 Å². The van der Waals surface area contributed by atoms with Crippen LogP contribution in [0.3, 0.4) is 0 Å². The van der Waals surface area contributed by atoms with Crippen LogP contribution < -0.4 is 4.74 Å². The molecule has 0 amide bonds. The number of hydrogen-bond donors (Lipinski definition) is 0. The minimum atomic E-state index is 0.406. The summed E-state index contributed by atoms with van der Waals surface area (Å²) < 4.78 is 5.27. The summed E-state index contributed by atoms with van der Waals surface area (Å²) in [5, 5.41) is 8.22. The maximum absolute atomic E-state index is 5.67. The summed E-state index contributed by atoms with van der Waals surface area (Å²) in [5.74, 6) is 0.860. The Morgan fingerprint density at radius 2 is 1.94 bits per heavy atom. The Kier molecular flexibility index (Phi) is 3.37. The topological polar surface area (TPSA) is 35.0 Å². The molecule has 3 nitrogen and oxygen atoms in total. The third kappa shape index (κ3) is 2.49. The van der Waals surface area contributed by atoms with E-state index in [1.165, 1.54) is 0 Å². The number of halogens is 1. The van der Waals surface area contributed by atoms with Crippen LogP contribution in [0, 0.1) is 0 Å². The fraction of sp³-hybridized carbons (Fsp3) is 0.167. The molecule has 2 aromatic rings. The van der Waals surface area contributed by atoms with Crippen LogP contribution in [0.25, 0.3) is 0 Å². The number of ether oxygens (including phenoxy) is 1. The Bertz CT molecular complexity index is 471. The highest BCUT2D eigenvalue weighted by atomic mass is 35.5. The number of para-hydroxylation sites is 1. The maximum atomic E-state index is 5.67. The van der Waals surface area contributed by atoms with E-state index in [1.54, 1.807) is 13.2 Å². The van der Waals surface area contributed by atoms with Gasteiger partial charge in [0.2, 0.25) is 0 Å². The third-order valence-electron chi connectivity index (χ3n) is 2.25. The lowest BCUT2D eigenvalue weighted by Crippen LogP contribution is -1.97. The number of methoxy groups -OCH3 is 1. The van der Waals surface area contributed by atoms with Gasteiger partial charge in [-0.2, -0.15) is 5.10 Å². The second-order valence-corrected chi connectivity index (χ2v) is 3.72. The lowest BCUT2D eigenvalue weighted by molar-refractivity contribution is 0.410. The maximum Gasteiger partial charge on any atom is 0.151 e. The van der Waals surface area contributed by atoms with E-state index < -0.39 is 0 Å². The molecular formula is C12H11ClN2O. The molecule has 2 rings (SSSR count). The van der Waals surface area contributed by atoms with Crippen molar-refractivity contribution >= 4 is 11.6 Å². The molecule has 0 saturated carbocycles. The summed E-state index contributed by atoms with van der Waals surface area (Å²) in [4.78, 5) is 0. The molecule has 0 aliphatic rings. The van der Waals surface area contributed by atoms with Crippen LogP contribution >= 0.6 is 11.6 Å². The van der Waals surface area contributed by atoms with Gasteiger partial charge >= 0.3 is 0 Å². The standard InChI is InChI=1S/C12H11ClN2O/c1-16-11-5-3-2-4-9(11)8-10-6-7-12(13)15-14-10/h2-7H,8H2,1H3. The quantitative estimate of drug-likeness (QED) is 0.819. The van der Waals surface area contributed by atoms with Crippen molar-refractivity contribution in [1.82, 2.24) is 10.2 Å². The molecule has 4 heteroatoms. The smallest absolute Gasteiger partial charge is 0.151 e. The first-order valence-corrected chi connectivity index (χ1v) is 5.27. The predicted octanol–water partition coefficient (Wildman–Crippen LogP) is 2.73. The molecule has 0 unspecified atom stereocenters. The van der Waals surface area contributed by atoms with Gasteiger partial charge in [0.15, 0.2) is 5.15 Å². The number of aromatic nitrogens is 2. The van der Waals surface area contributed by atoms with E-state index in [0.29, 0.717) is 11.6 Å². The number of hydrogen-bond acceptors (Lipinski definition) is 3. The van der Waals surface area contributed by atoms with Gasteiger partial charge in [0.25, 0.3) is 0 Å². The van der Waals surface area contributed by atoms with Crippen molar-refractivity contribution in [2.45, 2.75) is 6.42 Å². The molecule has 1 aromatic carbocycles. The van der Waals surface area contributed by atoms with Crippen molar-refractivity contribution < 1.29 is 4.74 Å². The van der Waals surface area contributed by atoms with E-state index in [-0.39, 0.29) is 0 Å². The second kappa shape index (κ2) is 4.94. The van der Waals surface area contributed by atoms with Gasteiger partial charge in [-0.3, -0.25) is 0 Å². The first-order valence-electron chi connectivity index (χ1n) is 4.89. The third-order valence-corrected chi connectivity index (χ3v) is 2.45. The van der Waals surface area contributed by atoms with Crippen LogP contribution in [0.15, 0.2) is 36.4 Å².